The first-order valence-corrected chi connectivity index (χ1v) is 7.83. The predicted molar refractivity (Wildman–Crippen MR) is 93.6 cm³/mol. The number of nitrogens with zero attached hydrogens (tertiary/aromatic N) is 1. The van der Waals surface area contributed by atoms with E-state index in [0.717, 1.165) is 33.9 Å². The monoisotopic (exact) mass is 308 g/mol. The molecule has 0 spiro atoms. The predicted octanol–water partition coefficient (Wildman–Crippen LogP) is 4.14. The fourth-order valence-electron chi connectivity index (χ4n) is 2.78. The van der Waals surface area contributed by atoms with E-state index in [1.807, 2.05) is 36.4 Å². The zero-order valence-corrected chi connectivity index (χ0v) is 13.4. The third-order valence-electron chi connectivity index (χ3n) is 4.07. The zero-order valence-electron chi connectivity index (χ0n) is 13.4. The number of para-hydroxylation sites is 2. The third-order valence-corrected chi connectivity index (χ3v) is 4.07. The van der Waals surface area contributed by atoms with Crippen molar-refractivity contribution in [3.8, 4) is 0 Å². The zero-order chi connectivity index (χ0) is 16.2. The Morgan fingerprint density at radius 2 is 1.65 bits per heavy atom. The molecule has 0 aliphatic rings. The van der Waals surface area contributed by atoms with E-state index >= 15 is 0 Å². The summed E-state index contributed by atoms with van der Waals surface area (Å²) in [5.41, 5.74) is 2.92. The molecule has 0 bridgehead atoms. The van der Waals surface area contributed by atoms with Crippen LogP contribution in [0, 0.1) is 0 Å². The van der Waals surface area contributed by atoms with Gasteiger partial charge in [0.2, 0.25) is 0 Å². The fourth-order valence-corrected chi connectivity index (χ4v) is 2.78. The largest absolute Gasteiger partial charge is 0.469 e. The van der Waals surface area contributed by atoms with Gasteiger partial charge in [0.05, 0.1) is 30.3 Å². The summed E-state index contributed by atoms with van der Waals surface area (Å²) in [5.74, 6) is -0.202. The Morgan fingerprint density at radius 1 is 1.09 bits per heavy atom. The maximum Gasteiger partial charge on any atom is 0.307 e. The summed E-state index contributed by atoms with van der Waals surface area (Å²) in [7, 11) is 1.42. The van der Waals surface area contributed by atoms with Gasteiger partial charge >= 0.3 is 5.97 Å². The normalized spacial score (nSPS) is 12.3. The van der Waals surface area contributed by atoms with Crippen LogP contribution in [-0.4, -0.2) is 24.1 Å². The molecule has 1 N–H and O–H groups in total. The number of methoxy groups -OCH3 is 1. The summed E-state index contributed by atoms with van der Waals surface area (Å²) in [6.07, 6.45) is 1.18. The standard InChI is InChI=1S/C19H20N2O2/c1-3-13(12-18(22)23-2)20-19-14-8-4-6-10-16(14)21-17-11-7-5-9-15(17)19/h4-11,13H,3,12H2,1-2H3,(H,20,21). The molecule has 4 nitrogen and oxygen atoms in total. The number of fused-ring (bicyclic) bond motifs is 2. The van der Waals surface area contributed by atoms with Gasteiger partial charge in [0.1, 0.15) is 0 Å². The molecule has 1 atom stereocenters. The van der Waals surface area contributed by atoms with E-state index in [4.69, 9.17) is 9.72 Å². The number of rotatable bonds is 5. The number of hydrogen-bond acceptors (Lipinski definition) is 4. The van der Waals surface area contributed by atoms with E-state index in [9.17, 15) is 4.79 Å². The van der Waals surface area contributed by atoms with Crippen molar-refractivity contribution >= 4 is 33.5 Å². The molecule has 0 saturated heterocycles. The molecule has 118 valence electrons. The first kappa shape index (κ1) is 15.3. The number of ether oxygens (including phenoxy) is 1. The Labute approximate surface area is 135 Å². The highest BCUT2D eigenvalue weighted by Gasteiger charge is 2.16. The van der Waals surface area contributed by atoms with E-state index in [-0.39, 0.29) is 12.0 Å². The maximum atomic E-state index is 11.6. The lowest BCUT2D eigenvalue weighted by molar-refractivity contribution is -0.140. The average molecular weight is 308 g/mol. The number of pyridine rings is 1. The second-order valence-corrected chi connectivity index (χ2v) is 5.55. The number of anilines is 1. The van der Waals surface area contributed by atoms with Crippen molar-refractivity contribution in [3.05, 3.63) is 48.5 Å². The summed E-state index contributed by atoms with van der Waals surface area (Å²) in [6.45, 7) is 2.06. The SMILES string of the molecule is CCC(CC(=O)OC)Nc1c2ccccc2nc2ccccc12. The van der Waals surface area contributed by atoms with Gasteiger partial charge in [0.15, 0.2) is 0 Å². The minimum atomic E-state index is -0.202. The van der Waals surface area contributed by atoms with Crippen molar-refractivity contribution in [1.82, 2.24) is 4.98 Å². The summed E-state index contributed by atoms with van der Waals surface area (Å²) < 4.78 is 4.80. The van der Waals surface area contributed by atoms with E-state index in [2.05, 4.69) is 24.4 Å². The molecular formula is C19H20N2O2. The van der Waals surface area contributed by atoms with Gasteiger partial charge in [-0.05, 0) is 18.6 Å². The van der Waals surface area contributed by atoms with E-state index in [1.54, 1.807) is 0 Å². The van der Waals surface area contributed by atoms with Gasteiger partial charge in [-0.25, -0.2) is 4.98 Å². The second kappa shape index (κ2) is 6.65. The molecule has 3 rings (SSSR count). The summed E-state index contributed by atoms with van der Waals surface area (Å²) in [6, 6.07) is 16.1. The Hall–Kier alpha value is -2.62. The fraction of sp³-hybridized carbons (Fsp3) is 0.263. The van der Waals surface area contributed by atoms with Gasteiger partial charge in [-0.2, -0.15) is 0 Å². The number of aromatic nitrogens is 1. The van der Waals surface area contributed by atoms with Crippen molar-refractivity contribution in [2.75, 3.05) is 12.4 Å². The highest BCUT2D eigenvalue weighted by atomic mass is 16.5. The van der Waals surface area contributed by atoms with Crippen molar-refractivity contribution in [1.29, 1.82) is 0 Å². The van der Waals surface area contributed by atoms with E-state index < -0.39 is 0 Å². The van der Waals surface area contributed by atoms with Crippen molar-refractivity contribution < 1.29 is 9.53 Å². The van der Waals surface area contributed by atoms with Crippen LogP contribution in [0.15, 0.2) is 48.5 Å². The van der Waals surface area contributed by atoms with Crippen LogP contribution in [-0.2, 0) is 9.53 Å². The van der Waals surface area contributed by atoms with Crippen LogP contribution in [0.25, 0.3) is 21.8 Å². The quantitative estimate of drug-likeness (QED) is 0.568. The first-order valence-electron chi connectivity index (χ1n) is 7.83. The van der Waals surface area contributed by atoms with E-state index in [0.29, 0.717) is 6.42 Å². The Kier molecular flexibility index (Phi) is 4.42. The molecule has 4 heteroatoms. The first-order chi connectivity index (χ1) is 11.2. The lowest BCUT2D eigenvalue weighted by atomic mass is 10.1. The van der Waals surface area contributed by atoms with Crippen LogP contribution in [0.3, 0.4) is 0 Å². The molecule has 0 saturated carbocycles. The van der Waals surface area contributed by atoms with Gasteiger partial charge < -0.3 is 10.1 Å². The molecule has 0 aliphatic heterocycles. The highest BCUT2D eigenvalue weighted by Crippen LogP contribution is 2.31. The number of nitrogens with one attached hydrogen (secondary N) is 1. The van der Waals surface area contributed by atoms with Crippen LogP contribution in [0.1, 0.15) is 19.8 Å². The minimum Gasteiger partial charge on any atom is -0.469 e. The van der Waals surface area contributed by atoms with Gasteiger partial charge in [-0.3, -0.25) is 4.79 Å². The molecular weight excluding hydrogens is 288 g/mol. The smallest absolute Gasteiger partial charge is 0.307 e. The maximum absolute atomic E-state index is 11.6. The average Bonchev–Trinajstić information content (AvgIpc) is 2.60. The molecule has 0 fully saturated rings. The van der Waals surface area contributed by atoms with Gasteiger partial charge in [0, 0.05) is 16.8 Å². The number of esters is 1. The lowest BCUT2D eigenvalue weighted by Crippen LogP contribution is -2.23. The summed E-state index contributed by atoms with van der Waals surface area (Å²) >= 11 is 0. The number of carbonyl (C=O) groups excluding carboxylic acids is 1. The van der Waals surface area contributed by atoms with Crippen molar-refractivity contribution in [2.45, 2.75) is 25.8 Å². The molecule has 0 aliphatic carbocycles. The Bertz CT molecular complexity index is 791. The molecule has 23 heavy (non-hydrogen) atoms. The second-order valence-electron chi connectivity index (χ2n) is 5.55. The van der Waals surface area contributed by atoms with Crippen LogP contribution in [0.4, 0.5) is 5.69 Å². The minimum absolute atomic E-state index is 0.0247. The topological polar surface area (TPSA) is 51.2 Å². The molecule has 0 radical (unpaired) electrons. The number of benzene rings is 2. The van der Waals surface area contributed by atoms with E-state index in [1.165, 1.54) is 7.11 Å². The molecule has 1 heterocycles. The van der Waals surface area contributed by atoms with Gasteiger partial charge in [0.25, 0.3) is 0 Å². The van der Waals surface area contributed by atoms with Gasteiger partial charge in [-0.1, -0.05) is 43.3 Å². The number of carbonyl (C=O) groups is 1. The molecule has 0 amide bonds. The van der Waals surface area contributed by atoms with Crippen LogP contribution >= 0.6 is 0 Å². The lowest BCUT2D eigenvalue weighted by Gasteiger charge is -2.20. The highest BCUT2D eigenvalue weighted by molar-refractivity contribution is 6.07. The van der Waals surface area contributed by atoms with Gasteiger partial charge in [-0.15, -0.1) is 0 Å². The van der Waals surface area contributed by atoms with Crippen molar-refractivity contribution in [3.63, 3.8) is 0 Å². The molecule has 3 aromatic rings. The molecule has 1 unspecified atom stereocenters. The van der Waals surface area contributed by atoms with Crippen LogP contribution in [0.2, 0.25) is 0 Å². The van der Waals surface area contributed by atoms with Crippen molar-refractivity contribution in [2.24, 2.45) is 0 Å². The Balaban J connectivity index is 2.10. The van der Waals surface area contributed by atoms with Crippen LogP contribution < -0.4 is 5.32 Å². The molecule has 1 aromatic heterocycles. The van der Waals surface area contributed by atoms with Crippen LogP contribution in [0.5, 0.6) is 0 Å². The summed E-state index contributed by atoms with van der Waals surface area (Å²) in [4.78, 5) is 16.3. The number of hydrogen-bond donors (Lipinski definition) is 1. The molecule has 2 aromatic carbocycles. The third kappa shape index (κ3) is 3.11. The Morgan fingerprint density at radius 3 is 2.17 bits per heavy atom. The summed E-state index contributed by atoms with van der Waals surface area (Å²) in [5, 5.41) is 5.67.